The van der Waals surface area contributed by atoms with Gasteiger partial charge in [-0.1, -0.05) is 13.8 Å². The van der Waals surface area contributed by atoms with Gasteiger partial charge in [0.05, 0.1) is 6.04 Å². The molecule has 2 unspecified atom stereocenters. The Morgan fingerprint density at radius 3 is 2.59 bits per heavy atom. The van der Waals surface area contributed by atoms with Crippen LogP contribution in [0.5, 0.6) is 0 Å². The lowest BCUT2D eigenvalue weighted by Crippen LogP contribution is -2.51. The fourth-order valence-corrected chi connectivity index (χ4v) is 2.06. The summed E-state index contributed by atoms with van der Waals surface area (Å²) in [4.78, 5) is 23.6. The van der Waals surface area contributed by atoms with Crippen LogP contribution in [0.3, 0.4) is 0 Å². The zero-order valence-electron chi connectivity index (χ0n) is 10.9. The van der Waals surface area contributed by atoms with Crippen molar-refractivity contribution in [2.24, 2.45) is 5.92 Å². The fraction of sp³-hybridized carbons (Fsp3) is 0.833. The molecule has 2 amide bonds. The van der Waals surface area contributed by atoms with Gasteiger partial charge >= 0.3 is 0 Å². The molecule has 5 nitrogen and oxygen atoms in total. The quantitative estimate of drug-likeness (QED) is 0.635. The van der Waals surface area contributed by atoms with Crippen LogP contribution in [0.25, 0.3) is 0 Å². The van der Waals surface area contributed by atoms with Crippen LogP contribution in [-0.2, 0) is 9.59 Å². The van der Waals surface area contributed by atoms with Crippen molar-refractivity contribution < 1.29 is 9.59 Å². The Kier molecular flexibility index (Phi) is 5.41. The smallest absolute Gasteiger partial charge is 0.242 e. The van der Waals surface area contributed by atoms with Crippen LogP contribution in [0, 0.1) is 5.92 Å². The van der Waals surface area contributed by atoms with Gasteiger partial charge in [-0.25, -0.2) is 0 Å². The minimum atomic E-state index is -0.421. The first-order valence-corrected chi connectivity index (χ1v) is 6.30. The maximum Gasteiger partial charge on any atom is 0.242 e. The normalized spacial score (nSPS) is 21.3. The molecule has 0 aromatic heterocycles. The molecule has 1 aliphatic heterocycles. The molecular weight excluding hydrogens is 218 g/mol. The second-order valence-electron chi connectivity index (χ2n) is 4.95. The molecule has 0 aliphatic carbocycles. The van der Waals surface area contributed by atoms with Crippen LogP contribution < -0.4 is 16.0 Å². The van der Waals surface area contributed by atoms with Crippen molar-refractivity contribution in [1.29, 1.82) is 0 Å². The van der Waals surface area contributed by atoms with Gasteiger partial charge in [0, 0.05) is 7.05 Å². The van der Waals surface area contributed by atoms with E-state index < -0.39 is 6.04 Å². The third kappa shape index (κ3) is 4.34. The van der Waals surface area contributed by atoms with Gasteiger partial charge in [0.1, 0.15) is 6.04 Å². The summed E-state index contributed by atoms with van der Waals surface area (Å²) in [5.74, 6) is 0.191. The van der Waals surface area contributed by atoms with E-state index in [9.17, 15) is 9.59 Å². The summed E-state index contributed by atoms with van der Waals surface area (Å²) in [6.45, 7) is 4.96. The number of hydrogen-bond acceptors (Lipinski definition) is 3. The number of hydrogen-bond donors (Lipinski definition) is 3. The molecule has 2 atom stereocenters. The van der Waals surface area contributed by atoms with Crippen LogP contribution in [0.4, 0.5) is 0 Å². The van der Waals surface area contributed by atoms with E-state index in [1.54, 1.807) is 7.05 Å². The van der Waals surface area contributed by atoms with E-state index in [-0.39, 0.29) is 17.9 Å². The maximum atomic E-state index is 11.9. The number of carbonyl (C=O) groups is 2. The lowest BCUT2D eigenvalue weighted by Gasteiger charge is -2.21. The Balaban J connectivity index is 2.52. The highest BCUT2D eigenvalue weighted by Crippen LogP contribution is 2.08. The average Bonchev–Trinajstić information content (AvgIpc) is 2.79. The van der Waals surface area contributed by atoms with Crippen molar-refractivity contribution >= 4 is 11.8 Å². The molecule has 5 heteroatoms. The lowest BCUT2D eigenvalue weighted by atomic mass is 10.0. The van der Waals surface area contributed by atoms with Crippen molar-refractivity contribution in [2.45, 2.75) is 45.2 Å². The van der Waals surface area contributed by atoms with Gasteiger partial charge in [0.15, 0.2) is 0 Å². The molecule has 0 radical (unpaired) electrons. The van der Waals surface area contributed by atoms with Crippen molar-refractivity contribution in [3.63, 3.8) is 0 Å². The topological polar surface area (TPSA) is 70.2 Å². The van der Waals surface area contributed by atoms with E-state index in [2.05, 4.69) is 16.0 Å². The number of nitrogens with one attached hydrogen (secondary N) is 3. The molecule has 0 bridgehead atoms. The van der Waals surface area contributed by atoms with Crippen molar-refractivity contribution in [3.05, 3.63) is 0 Å². The standard InChI is InChI=1S/C12H23N3O2/c1-8(2)7-10(11(16)13-3)15-12(17)9-5-4-6-14-9/h8-10,14H,4-7H2,1-3H3,(H,13,16)(H,15,17). The SMILES string of the molecule is CNC(=O)C(CC(C)C)NC(=O)C1CCCN1. The molecule has 0 spiro atoms. The van der Waals surface area contributed by atoms with Crippen LogP contribution >= 0.6 is 0 Å². The zero-order valence-corrected chi connectivity index (χ0v) is 10.9. The first-order chi connectivity index (χ1) is 8.04. The van der Waals surface area contributed by atoms with E-state index in [1.165, 1.54) is 0 Å². The van der Waals surface area contributed by atoms with Crippen molar-refractivity contribution in [2.75, 3.05) is 13.6 Å². The van der Waals surface area contributed by atoms with E-state index in [0.29, 0.717) is 12.3 Å². The Hall–Kier alpha value is -1.10. The number of likely N-dealkylation sites (N-methyl/N-ethyl adjacent to an activating group) is 1. The Morgan fingerprint density at radius 1 is 1.41 bits per heavy atom. The van der Waals surface area contributed by atoms with Gasteiger partial charge in [-0.3, -0.25) is 9.59 Å². The van der Waals surface area contributed by atoms with Gasteiger partial charge in [0.25, 0.3) is 0 Å². The summed E-state index contributed by atoms with van der Waals surface area (Å²) in [6, 6.07) is -0.552. The molecule has 17 heavy (non-hydrogen) atoms. The minimum Gasteiger partial charge on any atom is -0.357 e. The summed E-state index contributed by atoms with van der Waals surface area (Å²) in [5, 5.41) is 8.55. The van der Waals surface area contributed by atoms with Gasteiger partial charge in [-0.2, -0.15) is 0 Å². The highest BCUT2D eigenvalue weighted by Gasteiger charge is 2.27. The number of rotatable bonds is 5. The first-order valence-electron chi connectivity index (χ1n) is 6.30. The van der Waals surface area contributed by atoms with Gasteiger partial charge in [-0.05, 0) is 31.7 Å². The molecule has 0 aromatic rings. The Labute approximate surface area is 103 Å². The zero-order chi connectivity index (χ0) is 12.8. The third-order valence-corrected chi connectivity index (χ3v) is 2.96. The molecule has 1 saturated heterocycles. The average molecular weight is 241 g/mol. The van der Waals surface area contributed by atoms with Crippen molar-refractivity contribution in [1.82, 2.24) is 16.0 Å². The third-order valence-electron chi connectivity index (χ3n) is 2.96. The maximum absolute atomic E-state index is 11.9. The predicted molar refractivity (Wildman–Crippen MR) is 66.5 cm³/mol. The van der Waals surface area contributed by atoms with Crippen molar-refractivity contribution in [3.8, 4) is 0 Å². The summed E-state index contributed by atoms with van der Waals surface area (Å²) in [5.41, 5.74) is 0. The fourth-order valence-electron chi connectivity index (χ4n) is 2.06. The molecule has 1 aliphatic rings. The highest BCUT2D eigenvalue weighted by molar-refractivity contribution is 5.89. The monoisotopic (exact) mass is 241 g/mol. The summed E-state index contributed by atoms with van der Waals surface area (Å²) in [6.07, 6.45) is 2.54. The van der Waals surface area contributed by atoms with Gasteiger partial charge in [-0.15, -0.1) is 0 Å². The van der Waals surface area contributed by atoms with E-state index in [4.69, 9.17) is 0 Å². The van der Waals surface area contributed by atoms with Crippen LogP contribution in [0.15, 0.2) is 0 Å². The van der Waals surface area contributed by atoms with Gasteiger partial charge in [0.2, 0.25) is 11.8 Å². The molecule has 98 valence electrons. The molecular formula is C12H23N3O2. The lowest BCUT2D eigenvalue weighted by molar-refractivity contribution is -0.130. The number of amides is 2. The van der Waals surface area contributed by atoms with Crippen LogP contribution in [0.2, 0.25) is 0 Å². The minimum absolute atomic E-state index is 0.0586. The van der Waals surface area contributed by atoms with E-state index in [0.717, 1.165) is 19.4 Å². The molecule has 1 fully saturated rings. The molecule has 1 rings (SSSR count). The Morgan fingerprint density at radius 2 is 2.12 bits per heavy atom. The number of carbonyl (C=O) groups excluding carboxylic acids is 2. The molecule has 1 heterocycles. The summed E-state index contributed by atoms with van der Waals surface area (Å²) in [7, 11) is 1.59. The molecule has 0 aromatic carbocycles. The molecule has 0 saturated carbocycles. The second-order valence-corrected chi connectivity index (χ2v) is 4.95. The first kappa shape index (κ1) is 14.0. The van der Waals surface area contributed by atoms with Crippen LogP contribution in [0.1, 0.15) is 33.1 Å². The van der Waals surface area contributed by atoms with Gasteiger partial charge < -0.3 is 16.0 Å². The second kappa shape index (κ2) is 6.59. The van der Waals surface area contributed by atoms with E-state index in [1.807, 2.05) is 13.8 Å². The summed E-state index contributed by atoms with van der Waals surface area (Å²) < 4.78 is 0. The highest BCUT2D eigenvalue weighted by atomic mass is 16.2. The van der Waals surface area contributed by atoms with Crippen LogP contribution in [-0.4, -0.2) is 37.5 Å². The molecule has 3 N–H and O–H groups in total. The Bertz CT molecular complexity index is 273. The summed E-state index contributed by atoms with van der Waals surface area (Å²) >= 11 is 0. The predicted octanol–water partition coefficient (Wildman–Crippen LogP) is 0.0153. The largest absolute Gasteiger partial charge is 0.357 e. The van der Waals surface area contributed by atoms with E-state index >= 15 is 0 Å².